The summed E-state index contributed by atoms with van der Waals surface area (Å²) < 4.78 is 5.48. The molecule has 1 aliphatic rings. The number of ether oxygens (including phenoxy) is 1. The average molecular weight is 423 g/mol. The van der Waals surface area contributed by atoms with Gasteiger partial charge in [-0.3, -0.25) is 9.59 Å². The maximum Gasteiger partial charge on any atom is 0.329 e. The van der Waals surface area contributed by atoms with Gasteiger partial charge < -0.3 is 15.0 Å². The van der Waals surface area contributed by atoms with Crippen LogP contribution >= 0.6 is 0 Å². The number of fused-ring (bicyclic) bond motifs is 1. The van der Waals surface area contributed by atoms with Crippen molar-refractivity contribution in [3.05, 3.63) is 71.3 Å². The van der Waals surface area contributed by atoms with Gasteiger partial charge in [0.1, 0.15) is 6.04 Å². The molecule has 1 heterocycles. The molecule has 31 heavy (non-hydrogen) atoms. The molecule has 3 rings (SSSR count). The van der Waals surface area contributed by atoms with Crippen LogP contribution in [-0.4, -0.2) is 41.4 Å². The van der Waals surface area contributed by atoms with Crippen LogP contribution in [0, 0.1) is 5.92 Å². The van der Waals surface area contributed by atoms with Crippen molar-refractivity contribution in [2.75, 3.05) is 6.54 Å². The lowest BCUT2D eigenvalue weighted by molar-refractivity contribution is -0.162. The van der Waals surface area contributed by atoms with E-state index in [9.17, 15) is 14.4 Å². The topological polar surface area (TPSA) is 75.7 Å². The highest BCUT2D eigenvalue weighted by Crippen LogP contribution is 2.19. The Morgan fingerprint density at radius 2 is 1.61 bits per heavy atom. The van der Waals surface area contributed by atoms with Crippen molar-refractivity contribution in [2.24, 2.45) is 5.92 Å². The predicted octanol–water partition coefficient (Wildman–Crippen LogP) is 2.89. The zero-order chi connectivity index (χ0) is 22.4. The summed E-state index contributed by atoms with van der Waals surface area (Å²) in [6.07, 6.45) is 0.0520. The lowest BCUT2D eigenvalue weighted by Crippen LogP contribution is -2.49. The monoisotopic (exact) mass is 422 g/mol. The van der Waals surface area contributed by atoms with Crippen molar-refractivity contribution in [1.82, 2.24) is 10.2 Å². The van der Waals surface area contributed by atoms with Crippen molar-refractivity contribution >= 4 is 17.8 Å². The summed E-state index contributed by atoms with van der Waals surface area (Å²) in [4.78, 5) is 39.8. The Bertz CT molecular complexity index is 926. The molecule has 164 valence electrons. The number of amides is 2. The van der Waals surface area contributed by atoms with E-state index in [0.29, 0.717) is 13.1 Å². The van der Waals surface area contributed by atoms with E-state index in [0.717, 1.165) is 17.5 Å². The Hall–Kier alpha value is -3.15. The Morgan fingerprint density at radius 1 is 0.968 bits per heavy atom. The van der Waals surface area contributed by atoms with E-state index < -0.39 is 18.1 Å². The third-order valence-electron chi connectivity index (χ3n) is 5.53. The summed E-state index contributed by atoms with van der Waals surface area (Å²) in [6, 6.07) is 16.6. The standard InChI is InChI=1S/C25H30N2O4/c1-17(2)23(26-22(28)15-19-9-5-4-6-10-19)25(30)31-18(3)24(29)27-14-13-20-11-7-8-12-21(20)16-27/h4-12,17-18,23H,13-16H2,1-3H3,(H,26,28)/t18-,23+/m1/s1. The second-order valence-corrected chi connectivity index (χ2v) is 8.31. The Balaban J connectivity index is 1.57. The largest absolute Gasteiger partial charge is 0.451 e. The first kappa shape index (κ1) is 22.5. The molecule has 0 unspecified atom stereocenters. The SMILES string of the molecule is CC(C)[C@H](NC(=O)Cc1ccccc1)C(=O)O[C@H](C)C(=O)N1CCc2ccccc2C1. The van der Waals surface area contributed by atoms with Gasteiger partial charge in [-0.05, 0) is 36.0 Å². The van der Waals surface area contributed by atoms with Crippen molar-refractivity contribution < 1.29 is 19.1 Å². The lowest BCUT2D eigenvalue weighted by atomic mass is 9.99. The minimum Gasteiger partial charge on any atom is -0.451 e. The number of hydrogen-bond acceptors (Lipinski definition) is 4. The van der Waals surface area contributed by atoms with Gasteiger partial charge in [-0.1, -0.05) is 68.4 Å². The first-order chi connectivity index (χ1) is 14.8. The van der Waals surface area contributed by atoms with Crippen LogP contribution < -0.4 is 5.32 Å². The van der Waals surface area contributed by atoms with E-state index in [-0.39, 0.29) is 24.2 Å². The van der Waals surface area contributed by atoms with Gasteiger partial charge in [0.05, 0.1) is 6.42 Å². The molecular weight excluding hydrogens is 392 g/mol. The van der Waals surface area contributed by atoms with Crippen molar-refractivity contribution in [2.45, 2.75) is 52.3 Å². The molecule has 0 fully saturated rings. The number of benzene rings is 2. The maximum atomic E-state index is 12.9. The van der Waals surface area contributed by atoms with Crippen LogP contribution in [-0.2, 0) is 38.5 Å². The summed E-state index contributed by atoms with van der Waals surface area (Å²) in [7, 11) is 0. The molecule has 0 aromatic heterocycles. The molecule has 2 amide bonds. The van der Waals surface area contributed by atoms with Gasteiger partial charge in [-0.15, -0.1) is 0 Å². The second kappa shape index (κ2) is 10.2. The van der Waals surface area contributed by atoms with Crippen molar-refractivity contribution in [3.63, 3.8) is 0 Å². The van der Waals surface area contributed by atoms with Crippen molar-refractivity contribution in [3.8, 4) is 0 Å². The summed E-state index contributed by atoms with van der Waals surface area (Å²) in [5.41, 5.74) is 3.23. The summed E-state index contributed by atoms with van der Waals surface area (Å²) in [6.45, 7) is 6.37. The molecule has 6 heteroatoms. The van der Waals surface area contributed by atoms with Gasteiger partial charge in [-0.2, -0.15) is 0 Å². The highest BCUT2D eigenvalue weighted by molar-refractivity contribution is 5.88. The van der Waals surface area contributed by atoms with Crippen LogP contribution in [0.25, 0.3) is 0 Å². The van der Waals surface area contributed by atoms with Gasteiger partial charge in [0, 0.05) is 13.1 Å². The van der Waals surface area contributed by atoms with Gasteiger partial charge in [0.25, 0.3) is 5.91 Å². The highest BCUT2D eigenvalue weighted by atomic mass is 16.5. The molecule has 2 atom stereocenters. The Morgan fingerprint density at radius 3 is 2.29 bits per heavy atom. The van der Waals surface area contributed by atoms with Gasteiger partial charge in [0.2, 0.25) is 5.91 Å². The minimum absolute atomic E-state index is 0.170. The molecule has 0 radical (unpaired) electrons. The third-order valence-corrected chi connectivity index (χ3v) is 5.53. The van der Waals surface area contributed by atoms with E-state index in [1.54, 1.807) is 11.8 Å². The number of hydrogen-bond donors (Lipinski definition) is 1. The number of carbonyl (C=O) groups is 3. The van der Waals surface area contributed by atoms with Crippen molar-refractivity contribution in [1.29, 1.82) is 0 Å². The summed E-state index contributed by atoms with van der Waals surface area (Å²) in [5, 5.41) is 2.76. The normalized spacial score (nSPS) is 15.0. The molecule has 1 N–H and O–H groups in total. The second-order valence-electron chi connectivity index (χ2n) is 8.31. The average Bonchev–Trinajstić information content (AvgIpc) is 2.77. The first-order valence-corrected chi connectivity index (χ1v) is 10.7. The predicted molar refractivity (Wildman–Crippen MR) is 118 cm³/mol. The van der Waals surface area contributed by atoms with Crippen LogP contribution in [0.1, 0.15) is 37.5 Å². The highest BCUT2D eigenvalue weighted by Gasteiger charge is 2.31. The van der Waals surface area contributed by atoms with Crippen LogP contribution in [0.5, 0.6) is 0 Å². The molecule has 6 nitrogen and oxygen atoms in total. The summed E-state index contributed by atoms with van der Waals surface area (Å²) in [5.74, 6) is -1.24. The van der Waals surface area contributed by atoms with Crippen LogP contribution in [0.4, 0.5) is 0 Å². The van der Waals surface area contributed by atoms with Gasteiger partial charge >= 0.3 is 5.97 Å². The Labute approximate surface area is 183 Å². The smallest absolute Gasteiger partial charge is 0.329 e. The fourth-order valence-corrected chi connectivity index (χ4v) is 3.74. The number of nitrogens with zero attached hydrogens (tertiary/aromatic N) is 1. The molecule has 0 spiro atoms. The maximum absolute atomic E-state index is 12.9. The number of nitrogens with one attached hydrogen (secondary N) is 1. The molecule has 2 aromatic carbocycles. The molecule has 0 saturated carbocycles. The fourth-order valence-electron chi connectivity index (χ4n) is 3.74. The molecular formula is C25H30N2O4. The Kier molecular flexibility index (Phi) is 7.45. The van der Waals surface area contributed by atoms with E-state index >= 15 is 0 Å². The molecule has 0 bridgehead atoms. The van der Waals surface area contributed by atoms with Gasteiger partial charge in [-0.25, -0.2) is 4.79 Å². The first-order valence-electron chi connectivity index (χ1n) is 10.7. The van der Waals surface area contributed by atoms with E-state index in [1.807, 2.05) is 62.4 Å². The number of esters is 1. The van der Waals surface area contributed by atoms with E-state index in [4.69, 9.17) is 4.74 Å². The number of rotatable bonds is 7. The molecule has 1 aliphatic heterocycles. The quantitative estimate of drug-likeness (QED) is 0.696. The molecule has 0 saturated heterocycles. The van der Waals surface area contributed by atoms with Crippen LogP contribution in [0.2, 0.25) is 0 Å². The molecule has 2 aromatic rings. The van der Waals surface area contributed by atoms with Gasteiger partial charge in [0.15, 0.2) is 6.10 Å². The number of carbonyl (C=O) groups excluding carboxylic acids is 3. The lowest BCUT2D eigenvalue weighted by Gasteiger charge is -2.31. The summed E-state index contributed by atoms with van der Waals surface area (Å²) >= 11 is 0. The van der Waals surface area contributed by atoms with E-state index in [2.05, 4.69) is 11.4 Å². The van der Waals surface area contributed by atoms with Crippen LogP contribution in [0.3, 0.4) is 0 Å². The van der Waals surface area contributed by atoms with E-state index in [1.165, 1.54) is 5.56 Å². The zero-order valence-corrected chi connectivity index (χ0v) is 18.3. The van der Waals surface area contributed by atoms with Crippen LogP contribution in [0.15, 0.2) is 54.6 Å². The fraction of sp³-hybridized carbons (Fsp3) is 0.400. The zero-order valence-electron chi connectivity index (χ0n) is 18.3. The minimum atomic E-state index is -0.912. The third kappa shape index (κ3) is 5.94. The molecule has 0 aliphatic carbocycles.